The molecule has 4 aromatic carbocycles. The molecule has 0 spiro atoms. The molecule has 0 unspecified atom stereocenters. The monoisotopic (exact) mass is 982 g/mol. The first-order chi connectivity index (χ1) is 32.5. The molecule has 3 aliphatic heterocycles. The molecule has 0 saturated carbocycles. The van der Waals surface area contributed by atoms with Crippen LogP contribution in [0.1, 0.15) is 56.0 Å². The Kier molecular flexibility index (Phi) is 15.1. The van der Waals surface area contributed by atoms with Gasteiger partial charge in [-0.15, -0.1) is 0 Å². The van der Waals surface area contributed by atoms with Gasteiger partial charge in [-0.05, 0) is 85.2 Å². The molecular weight excluding hydrogens is 927 g/mol. The van der Waals surface area contributed by atoms with Crippen LogP contribution >= 0.6 is 11.6 Å². The van der Waals surface area contributed by atoms with E-state index in [2.05, 4.69) is 48.9 Å². The lowest BCUT2D eigenvalue weighted by molar-refractivity contribution is -0.0435. The van der Waals surface area contributed by atoms with Gasteiger partial charge in [0.25, 0.3) is 19.9 Å². The van der Waals surface area contributed by atoms with Gasteiger partial charge in [-0.2, -0.15) is 13.2 Å². The number of fused-ring (bicyclic) bond motifs is 1. The van der Waals surface area contributed by atoms with Crippen LogP contribution in [0.15, 0.2) is 113 Å². The average molecular weight is 984 g/mol. The number of sulfonamides is 1. The third kappa shape index (κ3) is 11.8. The molecule has 2 saturated heterocycles. The molecule has 0 bridgehead atoms. The van der Waals surface area contributed by atoms with E-state index >= 15 is 0 Å². The molecule has 4 heterocycles. The molecule has 19 heteroatoms. The maximum atomic E-state index is 14.3. The fourth-order valence-electron chi connectivity index (χ4n) is 8.94. The molecule has 3 aliphatic rings. The maximum absolute atomic E-state index is 14.3. The summed E-state index contributed by atoms with van der Waals surface area (Å²) in [5, 5.41) is 3.63. The Morgan fingerprint density at radius 3 is 2.36 bits per heavy atom. The van der Waals surface area contributed by atoms with Crippen molar-refractivity contribution in [1.29, 1.82) is 0 Å². The number of aromatic nitrogens is 2. The number of hydrogen-bond donors (Lipinski definition) is 2. The normalized spacial score (nSPS) is 18.7. The van der Waals surface area contributed by atoms with Crippen molar-refractivity contribution in [2.75, 3.05) is 69.1 Å². The summed E-state index contributed by atoms with van der Waals surface area (Å²) in [5.74, 6) is -0.0714. The number of halogens is 4. The Balaban J connectivity index is 0.966. The van der Waals surface area contributed by atoms with E-state index in [1.807, 2.05) is 71.6 Å². The van der Waals surface area contributed by atoms with E-state index in [1.54, 1.807) is 0 Å². The lowest BCUT2D eigenvalue weighted by atomic mass is 9.92. The lowest BCUT2D eigenvalue weighted by Gasteiger charge is -2.42. The van der Waals surface area contributed by atoms with Crippen LogP contribution in [0.2, 0.25) is 5.02 Å². The fourth-order valence-corrected chi connectivity index (χ4v) is 11.2. The van der Waals surface area contributed by atoms with Crippen molar-refractivity contribution in [3.05, 3.63) is 131 Å². The summed E-state index contributed by atoms with van der Waals surface area (Å²) in [6.45, 7) is 7.32. The molecular formula is C48H55ClF3N7O6S2. The standard InChI is InChI=1S/C48H55ClF3N7O6S2/c1-34(41-9-5-6-10-42(41)36-11-13-37(49)14-12-36)58-22-18-39(19-23-58)59-24-20-43-45(30-59)53-33-54-47(43)56-67(62,63)40-15-16-44(46(29-40)66(60,61)48(50,51)52)55-38(17-21-57-25-27-64-28-26-57)32-65-31-35-7-3-2-4-8-35/h2-16,29,33-34,38-39,55H,17-28,30-32H2,1H3,(H,53,54,56)/t34-,38+/m0/s1/i39D. The van der Waals surface area contributed by atoms with E-state index in [-0.39, 0.29) is 38.0 Å². The van der Waals surface area contributed by atoms with Gasteiger partial charge in [0.15, 0.2) is 0 Å². The zero-order valence-corrected chi connectivity index (χ0v) is 39.5. The van der Waals surface area contributed by atoms with Gasteiger partial charge >= 0.3 is 5.51 Å². The Bertz CT molecular complexity index is 2750. The molecule has 0 radical (unpaired) electrons. The number of likely N-dealkylation sites (tertiary alicyclic amines) is 1. The molecule has 2 atom stereocenters. The van der Waals surface area contributed by atoms with E-state index in [1.165, 1.54) is 11.9 Å². The number of nitrogens with zero attached hydrogens (tertiary/aromatic N) is 5. The van der Waals surface area contributed by atoms with Crippen LogP contribution in [0.4, 0.5) is 24.7 Å². The van der Waals surface area contributed by atoms with E-state index in [0.29, 0.717) is 94.1 Å². The van der Waals surface area contributed by atoms with Gasteiger partial charge in [0.1, 0.15) is 17.0 Å². The molecule has 13 nitrogen and oxygen atoms in total. The average Bonchev–Trinajstić information content (AvgIpc) is 3.33. The van der Waals surface area contributed by atoms with Crippen molar-refractivity contribution in [1.82, 2.24) is 24.7 Å². The van der Waals surface area contributed by atoms with Crippen LogP contribution < -0.4 is 10.0 Å². The van der Waals surface area contributed by atoms with E-state index in [9.17, 15) is 31.4 Å². The number of ether oxygens (including phenoxy) is 2. The van der Waals surface area contributed by atoms with Crippen molar-refractivity contribution < 1.29 is 40.9 Å². The summed E-state index contributed by atoms with van der Waals surface area (Å²) in [4.78, 5) is 13.3. The minimum absolute atomic E-state index is 0.0163. The molecule has 358 valence electrons. The Morgan fingerprint density at radius 1 is 0.910 bits per heavy atom. The number of piperidine rings is 1. The third-order valence-corrected chi connectivity index (χ3v) is 15.8. The number of nitrogens with one attached hydrogen (secondary N) is 2. The predicted molar refractivity (Wildman–Crippen MR) is 252 cm³/mol. The second kappa shape index (κ2) is 21.3. The van der Waals surface area contributed by atoms with Gasteiger partial charge in [0, 0.05) is 69.8 Å². The highest BCUT2D eigenvalue weighted by atomic mass is 35.5. The second-order valence-corrected chi connectivity index (χ2v) is 21.0. The van der Waals surface area contributed by atoms with Gasteiger partial charge in [-0.25, -0.2) is 26.8 Å². The number of alkyl halides is 3. The van der Waals surface area contributed by atoms with Crippen molar-refractivity contribution in [3.8, 4) is 11.1 Å². The quantitative estimate of drug-likeness (QED) is 0.0927. The first-order valence-corrected chi connectivity index (χ1v) is 25.7. The highest BCUT2D eigenvalue weighted by Gasteiger charge is 2.48. The van der Waals surface area contributed by atoms with Gasteiger partial charge in [0.2, 0.25) is 0 Å². The molecule has 2 N–H and O–H groups in total. The summed E-state index contributed by atoms with van der Waals surface area (Å²) >= 11 is 6.17. The van der Waals surface area contributed by atoms with Gasteiger partial charge in [-0.1, -0.05) is 78.3 Å². The number of hydrogen-bond acceptors (Lipinski definition) is 12. The van der Waals surface area contributed by atoms with Crippen LogP contribution in [0.3, 0.4) is 0 Å². The van der Waals surface area contributed by atoms with E-state index < -0.39 is 52.9 Å². The van der Waals surface area contributed by atoms with Crippen molar-refractivity contribution in [3.63, 3.8) is 0 Å². The zero-order valence-electron chi connectivity index (χ0n) is 38.1. The molecule has 8 rings (SSSR count). The number of benzene rings is 4. The van der Waals surface area contributed by atoms with Crippen molar-refractivity contribution >= 4 is 43.0 Å². The Labute approximate surface area is 397 Å². The largest absolute Gasteiger partial charge is 0.501 e. The molecule has 1 aromatic heterocycles. The van der Waals surface area contributed by atoms with Crippen LogP contribution in [0, 0.1) is 0 Å². The van der Waals surface area contributed by atoms with E-state index in [0.717, 1.165) is 28.8 Å². The minimum Gasteiger partial charge on any atom is -0.379 e. The first kappa shape index (κ1) is 47.4. The summed E-state index contributed by atoms with van der Waals surface area (Å²) in [7, 11) is -10.8. The number of rotatable bonds is 17. The van der Waals surface area contributed by atoms with Gasteiger partial charge in [-0.3, -0.25) is 19.4 Å². The SMILES string of the molecule is [2H]C1(N2CCc3c(ncnc3NS(=O)(=O)c3ccc(N[C@H](CCN4CCOCC4)COCc4ccccc4)c(S(=O)(=O)C(F)(F)F)c3)C2)CCN([C@@H](C)c2ccccc2-c2ccc(Cl)cc2)CC1. The number of morpholine rings is 1. The highest BCUT2D eigenvalue weighted by Crippen LogP contribution is 2.38. The topological polar surface area (TPSA) is 146 Å². The highest BCUT2D eigenvalue weighted by molar-refractivity contribution is 7.93. The second-order valence-electron chi connectivity index (χ2n) is 17.0. The minimum atomic E-state index is -6.06. The smallest absolute Gasteiger partial charge is 0.379 e. The summed E-state index contributed by atoms with van der Waals surface area (Å²) in [6.07, 6.45) is 2.98. The molecule has 0 amide bonds. The van der Waals surface area contributed by atoms with Crippen LogP contribution in [-0.4, -0.2) is 118 Å². The van der Waals surface area contributed by atoms with Crippen LogP contribution in [-0.2, 0) is 48.9 Å². The predicted octanol–water partition coefficient (Wildman–Crippen LogP) is 8.19. The summed E-state index contributed by atoms with van der Waals surface area (Å²) in [5.41, 5.74) is -0.897. The Morgan fingerprint density at radius 2 is 1.63 bits per heavy atom. The maximum Gasteiger partial charge on any atom is 0.501 e. The molecule has 5 aromatic rings. The lowest BCUT2D eigenvalue weighted by Crippen LogP contribution is -2.47. The Hall–Kier alpha value is -4.66. The summed E-state index contributed by atoms with van der Waals surface area (Å²) in [6, 6.07) is 26.5. The van der Waals surface area contributed by atoms with Gasteiger partial charge in [0.05, 0.1) is 48.7 Å². The van der Waals surface area contributed by atoms with Crippen molar-refractivity contribution in [2.24, 2.45) is 0 Å². The van der Waals surface area contributed by atoms with E-state index in [4.69, 9.17) is 21.1 Å². The van der Waals surface area contributed by atoms with Gasteiger partial charge < -0.3 is 14.8 Å². The zero-order chi connectivity index (χ0) is 48.1. The van der Waals surface area contributed by atoms with Crippen LogP contribution in [0.25, 0.3) is 11.1 Å². The first-order valence-electron chi connectivity index (χ1n) is 22.8. The number of sulfone groups is 1. The molecule has 0 aliphatic carbocycles. The molecule has 67 heavy (non-hydrogen) atoms. The summed E-state index contributed by atoms with van der Waals surface area (Å²) < 4.78 is 121. The molecule has 2 fully saturated rings. The van der Waals surface area contributed by atoms with Crippen LogP contribution in [0.5, 0.6) is 0 Å². The third-order valence-electron chi connectivity index (χ3n) is 12.7. The fraction of sp³-hybridized carbons (Fsp3) is 0.417. The number of anilines is 2. The van der Waals surface area contributed by atoms with Crippen molar-refractivity contribution in [2.45, 2.75) is 79.2 Å².